The fraction of sp³-hybridized carbons (Fsp3) is 0.615. The molecule has 184 valence electrons. The van der Waals surface area contributed by atoms with Crippen molar-refractivity contribution in [3.63, 3.8) is 0 Å². The van der Waals surface area contributed by atoms with Gasteiger partial charge in [0.1, 0.15) is 0 Å². The number of hydrogen-bond acceptors (Lipinski definition) is 4. The first-order chi connectivity index (χ1) is 16.3. The number of nitrogens with one attached hydrogen (secondary N) is 2. The molecule has 1 saturated heterocycles. The van der Waals surface area contributed by atoms with E-state index in [9.17, 15) is 18.0 Å². The van der Waals surface area contributed by atoms with E-state index in [1.807, 2.05) is 0 Å². The van der Waals surface area contributed by atoms with E-state index in [-0.39, 0.29) is 16.2 Å². The van der Waals surface area contributed by atoms with Crippen LogP contribution in [0.25, 0.3) is 6.08 Å². The Morgan fingerprint density at radius 3 is 1.97 bits per heavy atom. The van der Waals surface area contributed by atoms with Crippen LogP contribution in [-0.2, 0) is 19.6 Å². The summed E-state index contributed by atoms with van der Waals surface area (Å²) in [5.41, 5.74) is 5.62. The molecular formula is C26H35N3O4S. The molecule has 6 rings (SSSR count). The molecule has 0 atom stereocenters. The van der Waals surface area contributed by atoms with Gasteiger partial charge in [-0.15, -0.1) is 0 Å². The Labute approximate surface area is 202 Å². The number of hydrazine groups is 1. The van der Waals surface area contributed by atoms with E-state index in [2.05, 4.69) is 10.9 Å². The van der Waals surface area contributed by atoms with Gasteiger partial charge in [-0.1, -0.05) is 25.0 Å². The van der Waals surface area contributed by atoms with Crippen LogP contribution in [0, 0.1) is 23.2 Å². The summed E-state index contributed by atoms with van der Waals surface area (Å²) in [5, 5.41) is 0. The first-order valence-electron chi connectivity index (χ1n) is 12.7. The number of carbonyl (C=O) groups excluding carboxylic acids is 2. The zero-order valence-corrected chi connectivity index (χ0v) is 20.5. The fourth-order valence-electron chi connectivity index (χ4n) is 7.04. The van der Waals surface area contributed by atoms with Gasteiger partial charge in [-0.05, 0) is 92.9 Å². The number of amides is 2. The normalized spacial score (nSPS) is 31.4. The van der Waals surface area contributed by atoms with E-state index in [0.29, 0.717) is 30.8 Å². The van der Waals surface area contributed by atoms with Crippen LogP contribution in [0.4, 0.5) is 0 Å². The maximum Gasteiger partial charge on any atom is 0.262 e. The van der Waals surface area contributed by atoms with E-state index >= 15 is 0 Å². The van der Waals surface area contributed by atoms with Gasteiger partial charge in [0.05, 0.1) is 10.3 Å². The van der Waals surface area contributed by atoms with Crippen LogP contribution in [0.15, 0.2) is 35.2 Å². The average Bonchev–Trinajstić information content (AvgIpc) is 3.11. The summed E-state index contributed by atoms with van der Waals surface area (Å²) in [6, 6.07) is 6.57. The van der Waals surface area contributed by atoms with Crippen LogP contribution in [0.5, 0.6) is 0 Å². The highest BCUT2D eigenvalue weighted by Crippen LogP contribution is 2.60. The molecule has 0 aromatic heterocycles. The monoisotopic (exact) mass is 485 g/mol. The lowest BCUT2D eigenvalue weighted by atomic mass is 9.49. The number of sulfonamides is 1. The fourth-order valence-corrected chi connectivity index (χ4v) is 8.55. The standard InChI is InChI=1S/C26H35N3O4S/c30-24(27-28-25(31)26-16-20-13-21(17-26)15-22(14-20)18-26)10-7-19-5-8-23(9-6-19)34(32,33)29-11-3-1-2-4-12-29/h5-10,20-22H,1-4,11-18H2,(H,27,30)(H,28,31)/b10-7+. The van der Waals surface area contributed by atoms with Crippen LogP contribution < -0.4 is 10.9 Å². The Hall–Kier alpha value is -2.19. The molecule has 2 amide bonds. The summed E-state index contributed by atoms with van der Waals surface area (Å²) in [5.74, 6) is 1.55. The molecule has 1 aromatic carbocycles. The van der Waals surface area contributed by atoms with Crippen molar-refractivity contribution in [2.45, 2.75) is 69.1 Å². The SMILES string of the molecule is O=C(/C=C/c1ccc(S(=O)(=O)N2CCCCCC2)cc1)NNC(=O)C12CC3CC(CC(C3)C1)C2. The summed E-state index contributed by atoms with van der Waals surface area (Å²) in [7, 11) is -3.49. The van der Waals surface area contributed by atoms with Gasteiger partial charge in [-0.25, -0.2) is 8.42 Å². The molecule has 34 heavy (non-hydrogen) atoms. The molecule has 1 heterocycles. The van der Waals surface area contributed by atoms with Crippen molar-refractivity contribution in [1.82, 2.24) is 15.2 Å². The second-order valence-electron chi connectivity index (χ2n) is 10.9. The molecule has 5 aliphatic rings. The van der Waals surface area contributed by atoms with Crippen molar-refractivity contribution in [3.8, 4) is 0 Å². The van der Waals surface area contributed by atoms with Gasteiger partial charge in [0, 0.05) is 19.2 Å². The lowest BCUT2D eigenvalue weighted by molar-refractivity contribution is -0.148. The molecule has 2 N–H and O–H groups in total. The van der Waals surface area contributed by atoms with Crippen molar-refractivity contribution in [3.05, 3.63) is 35.9 Å². The molecule has 8 heteroatoms. The Morgan fingerprint density at radius 1 is 0.853 bits per heavy atom. The predicted molar refractivity (Wildman–Crippen MR) is 130 cm³/mol. The summed E-state index contributed by atoms with van der Waals surface area (Å²) < 4.78 is 27.4. The molecule has 0 radical (unpaired) electrons. The summed E-state index contributed by atoms with van der Waals surface area (Å²) in [6.45, 7) is 1.14. The Bertz CT molecular complexity index is 1020. The molecule has 1 aromatic rings. The second-order valence-corrected chi connectivity index (χ2v) is 12.8. The summed E-state index contributed by atoms with van der Waals surface area (Å²) in [6.07, 6.45) is 13.5. The molecule has 4 aliphatic carbocycles. The zero-order valence-electron chi connectivity index (χ0n) is 19.7. The van der Waals surface area contributed by atoms with Crippen LogP contribution in [0.3, 0.4) is 0 Å². The van der Waals surface area contributed by atoms with E-state index in [0.717, 1.165) is 50.5 Å². The van der Waals surface area contributed by atoms with Crippen molar-refractivity contribution in [1.29, 1.82) is 0 Å². The van der Waals surface area contributed by atoms with E-state index in [4.69, 9.17) is 0 Å². The minimum absolute atomic E-state index is 0.0450. The highest BCUT2D eigenvalue weighted by Gasteiger charge is 2.54. The summed E-state index contributed by atoms with van der Waals surface area (Å²) in [4.78, 5) is 25.5. The van der Waals surface area contributed by atoms with Gasteiger partial charge >= 0.3 is 0 Å². The van der Waals surface area contributed by atoms with Gasteiger partial charge in [0.25, 0.3) is 5.91 Å². The third-order valence-electron chi connectivity index (χ3n) is 8.33. The molecule has 5 fully saturated rings. The van der Waals surface area contributed by atoms with Crippen LogP contribution in [0.2, 0.25) is 0 Å². The number of hydrogen-bond donors (Lipinski definition) is 2. The van der Waals surface area contributed by atoms with Gasteiger partial charge in [0.15, 0.2) is 0 Å². The maximum atomic E-state index is 12.9. The number of benzene rings is 1. The largest absolute Gasteiger partial charge is 0.273 e. The first-order valence-corrected chi connectivity index (χ1v) is 14.2. The zero-order chi connectivity index (χ0) is 23.8. The molecule has 1 aliphatic heterocycles. The molecule has 0 unspecified atom stereocenters. The number of rotatable bonds is 5. The molecule has 7 nitrogen and oxygen atoms in total. The molecule has 4 saturated carbocycles. The molecule has 4 bridgehead atoms. The van der Waals surface area contributed by atoms with Crippen LogP contribution >= 0.6 is 0 Å². The minimum atomic E-state index is -3.49. The first kappa shape index (κ1) is 23.5. The quantitative estimate of drug-likeness (QED) is 0.492. The summed E-state index contributed by atoms with van der Waals surface area (Å²) >= 11 is 0. The van der Waals surface area contributed by atoms with Gasteiger partial charge < -0.3 is 0 Å². The predicted octanol–water partition coefficient (Wildman–Crippen LogP) is 3.63. The Balaban J connectivity index is 1.15. The van der Waals surface area contributed by atoms with Gasteiger partial charge in [0.2, 0.25) is 15.9 Å². The third-order valence-corrected chi connectivity index (χ3v) is 10.2. The number of carbonyl (C=O) groups is 2. The van der Waals surface area contributed by atoms with Crippen LogP contribution in [-0.4, -0.2) is 37.6 Å². The highest BCUT2D eigenvalue weighted by molar-refractivity contribution is 7.89. The smallest absolute Gasteiger partial charge is 0.262 e. The van der Waals surface area contributed by atoms with Crippen LogP contribution in [0.1, 0.15) is 69.8 Å². The highest BCUT2D eigenvalue weighted by atomic mass is 32.2. The minimum Gasteiger partial charge on any atom is -0.273 e. The van der Waals surface area contributed by atoms with Crippen molar-refractivity contribution < 1.29 is 18.0 Å². The topological polar surface area (TPSA) is 95.6 Å². The lowest BCUT2D eigenvalue weighted by Gasteiger charge is -2.55. The van der Waals surface area contributed by atoms with Crippen molar-refractivity contribution >= 4 is 27.9 Å². The Kier molecular flexibility index (Phi) is 6.55. The third kappa shape index (κ3) is 4.80. The number of nitrogens with zero attached hydrogens (tertiary/aromatic N) is 1. The van der Waals surface area contributed by atoms with E-state index in [1.165, 1.54) is 25.3 Å². The van der Waals surface area contributed by atoms with Gasteiger partial charge in [-0.2, -0.15) is 4.31 Å². The molecule has 0 spiro atoms. The van der Waals surface area contributed by atoms with Crippen molar-refractivity contribution in [2.75, 3.05) is 13.1 Å². The van der Waals surface area contributed by atoms with E-state index < -0.39 is 15.9 Å². The van der Waals surface area contributed by atoms with Crippen molar-refractivity contribution in [2.24, 2.45) is 23.2 Å². The van der Waals surface area contributed by atoms with Gasteiger partial charge in [-0.3, -0.25) is 20.4 Å². The van der Waals surface area contributed by atoms with E-state index in [1.54, 1.807) is 34.6 Å². The molecular weight excluding hydrogens is 450 g/mol. The maximum absolute atomic E-state index is 12.9. The average molecular weight is 486 g/mol. The second kappa shape index (κ2) is 9.46. The lowest BCUT2D eigenvalue weighted by Crippen LogP contribution is -2.56. The Morgan fingerprint density at radius 2 is 1.41 bits per heavy atom.